The Labute approximate surface area is 101 Å². The Bertz CT molecular complexity index is 364. The third-order valence-electron chi connectivity index (χ3n) is 2.67. The van der Waals surface area contributed by atoms with Crippen molar-refractivity contribution >= 4 is 5.91 Å². The van der Waals surface area contributed by atoms with Gasteiger partial charge in [-0.2, -0.15) is 0 Å². The molecule has 94 valence electrons. The van der Waals surface area contributed by atoms with Gasteiger partial charge < -0.3 is 11.1 Å². The van der Waals surface area contributed by atoms with Crippen molar-refractivity contribution < 1.29 is 9.18 Å². The Balaban J connectivity index is 2.65. The smallest absolute Gasteiger partial charge is 0.218 e. The molecule has 0 aliphatic heterocycles. The van der Waals surface area contributed by atoms with Crippen molar-refractivity contribution in [2.75, 3.05) is 0 Å². The molecule has 4 heteroatoms. The van der Waals surface area contributed by atoms with Crippen molar-refractivity contribution in [1.82, 2.24) is 5.32 Å². The summed E-state index contributed by atoms with van der Waals surface area (Å²) >= 11 is 0. The molecule has 0 aliphatic rings. The first-order chi connectivity index (χ1) is 8.02. The molecule has 1 amide bonds. The van der Waals surface area contributed by atoms with Crippen LogP contribution in [0.2, 0.25) is 0 Å². The minimum Gasteiger partial charge on any atom is -0.370 e. The number of amides is 1. The second-order valence-electron chi connectivity index (χ2n) is 4.25. The fourth-order valence-electron chi connectivity index (χ4n) is 1.85. The molecular formula is C13H19FN2O. The van der Waals surface area contributed by atoms with Crippen LogP contribution in [0.3, 0.4) is 0 Å². The Hall–Kier alpha value is -1.42. The van der Waals surface area contributed by atoms with E-state index in [1.807, 2.05) is 13.8 Å². The van der Waals surface area contributed by atoms with Crippen LogP contribution in [0.25, 0.3) is 0 Å². The number of nitrogens with one attached hydrogen (secondary N) is 1. The first-order valence-electron chi connectivity index (χ1n) is 5.82. The third kappa shape index (κ3) is 4.53. The van der Waals surface area contributed by atoms with Gasteiger partial charge in [-0.25, -0.2) is 4.39 Å². The van der Waals surface area contributed by atoms with E-state index in [1.165, 1.54) is 12.1 Å². The van der Waals surface area contributed by atoms with Crippen LogP contribution in [0.1, 0.15) is 38.3 Å². The van der Waals surface area contributed by atoms with E-state index in [-0.39, 0.29) is 23.8 Å². The van der Waals surface area contributed by atoms with Crippen molar-refractivity contribution in [1.29, 1.82) is 0 Å². The van der Waals surface area contributed by atoms with Crippen LogP contribution >= 0.6 is 0 Å². The van der Waals surface area contributed by atoms with Crippen LogP contribution in [0.15, 0.2) is 24.3 Å². The summed E-state index contributed by atoms with van der Waals surface area (Å²) in [6.45, 7) is 3.95. The molecule has 0 fully saturated rings. The van der Waals surface area contributed by atoms with E-state index < -0.39 is 0 Å². The maximum Gasteiger partial charge on any atom is 0.218 e. The van der Waals surface area contributed by atoms with Crippen molar-refractivity contribution in [3.8, 4) is 0 Å². The predicted molar refractivity (Wildman–Crippen MR) is 65.8 cm³/mol. The highest BCUT2D eigenvalue weighted by molar-refractivity contribution is 5.74. The summed E-state index contributed by atoms with van der Waals surface area (Å²) in [5.41, 5.74) is 6.16. The minimum absolute atomic E-state index is 0.0162. The van der Waals surface area contributed by atoms with Gasteiger partial charge in [0.2, 0.25) is 5.91 Å². The summed E-state index contributed by atoms with van der Waals surface area (Å²) in [7, 11) is 0. The summed E-state index contributed by atoms with van der Waals surface area (Å²) < 4.78 is 12.8. The lowest BCUT2D eigenvalue weighted by atomic mass is 10.0. The second-order valence-corrected chi connectivity index (χ2v) is 4.25. The van der Waals surface area contributed by atoms with Crippen LogP contribution < -0.4 is 11.1 Å². The van der Waals surface area contributed by atoms with E-state index in [0.717, 1.165) is 12.0 Å². The number of carbonyl (C=O) groups excluding carboxylic acids is 1. The number of hydrogen-bond acceptors (Lipinski definition) is 2. The molecular weight excluding hydrogens is 219 g/mol. The summed E-state index contributed by atoms with van der Waals surface area (Å²) in [6.07, 6.45) is 1.17. The van der Waals surface area contributed by atoms with Gasteiger partial charge in [0.25, 0.3) is 0 Å². The van der Waals surface area contributed by atoms with E-state index in [2.05, 4.69) is 5.32 Å². The van der Waals surface area contributed by atoms with Crippen molar-refractivity contribution in [3.63, 3.8) is 0 Å². The molecule has 17 heavy (non-hydrogen) atoms. The Morgan fingerprint density at radius 2 is 2.00 bits per heavy atom. The Morgan fingerprint density at radius 3 is 2.47 bits per heavy atom. The van der Waals surface area contributed by atoms with Gasteiger partial charge in [0.15, 0.2) is 0 Å². The fourth-order valence-corrected chi connectivity index (χ4v) is 1.85. The number of halogens is 1. The molecule has 0 aliphatic carbocycles. The van der Waals surface area contributed by atoms with Crippen LogP contribution in [-0.4, -0.2) is 11.9 Å². The second kappa shape index (κ2) is 6.35. The van der Waals surface area contributed by atoms with Crippen LogP contribution in [0, 0.1) is 5.82 Å². The third-order valence-corrected chi connectivity index (χ3v) is 2.67. The molecule has 3 N–H and O–H groups in total. The van der Waals surface area contributed by atoms with E-state index in [9.17, 15) is 9.18 Å². The number of benzene rings is 1. The largest absolute Gasteiger partial charge is 0.370 e. The molecule has 0 aromatic heterocycles. The van der Waals surface area contributed by atoms with Gasteiger partial charge in [-0.15, -0.1) is 0 Å². The molecule has 2 unspecified atom stereocenters. The van der Waals surface area contributed by atoms with Gasteiger partial charge in [0.1, 0.15) is 5.82 Å². The van der Waals surface area contributed by atoms with E-state index >= 15 is 0 Å². The van der Waals surface area contributed by atoms with Crippen molar-refractivity contribution in [3.05, 3.63) is 35.6 Å². The maximum atomic E-state index is 12.8. The zero-order valence-electron chi connectivity index (χ0n) is 10.2. The van der Waals surface area contributed by atoms with Crippen molar-refractivity contribution in [2.24, 2.45) is 5.73 Å². The van der Waals surface area contributed by atoms with E-state index in [4.69, 9.17) is 5.73 Å². The molecule has 1 aromatic carbocycles. The lowest BCUT2D eigenvalue weighted by molar-refractivity contribution is -0.118. The molecule has 0 saturated heterocycles. The number of hydrogen-bond donors (Lipinski definition) is 2. The first-order valence-corrected chi connectivity index (χ1v) is 5.82. The standard InChI is InChI=1S/C13H19FN2O/c1-3-12(16-9(2)8-13(15)17)10-4-6-11(14)7-5-10/h4-7,9,12,16H,3,8H2,1-2H3,(H2,15,17). The summed E-state index contributed by atoms with van der Waals surface area (Å²) in [4.78, 5) is 10.8. The van der Waals surface area contributed by atoms with Crippen molar-refractivity contribution in [2.45, 2.75) is 38.8 Å². The highest BCUT2D eigenvalue weighted by Gasteiger charge is 2.13. The zero-order valence-corrected chi connectivity index (χ0v) is 10.2. The molecule has 1 rings (SSSR count). The van der Waals surface area contributed by atoms with Gasteiger partial charge in [0.05, 0.1) is 0 Å². The number of rotatable bonds is 6. The topological polar surface area (TPSA) is 55.1 Å². The highest BCUT2D eigenvalue weighted by atomic mass is 19.1. The highest BCUT2D eigenvalue weighted by Crippen LogP contribution is 2.18. The number of primary amides is 1. The van der Waals surface area contributed by atoms with E-state index in [1.54, 1.807) is 12.1 Å². The van der Waals surface area contributed by atoms with Gasteiger partial charge >= 0.3 is 0 Å². The van der Waals surface area contributed by atoms with Crippen LogP contribution in [0.5, 0.6) is 0 Å². The normalized spacial score (nSPS) is 14.3. The maximum absolute atomic E-state index is 12.8. The summed E-state index contributed by atoms with van der Waals surface area (Å²) in [5, 5.41) is 3.31. The quantitative estimate of drug-likeness (QED) is 0.797. The van der Waals surface area contributed by atoms with Gasteiger partial charge in [-0.1, -0.05) is 19.1 Å². The molecule has 0 bridgehead atoms. The predicted octanol–water partition coefficient (Wildman–Crippen LogP) is 2.13. The lowest BCUT2D eigenvalue weighted by Crippen LogP contribution is -2.33. The first kappa shape index (κ1) is 13.6. The average Bonchev–Trinajstić information content (AvgIpc) is 2.26. The van der Waals surface area contributed by atoms with Crippen LogP contribution in [-0.2, 0) is 4.79 Å². The molecule has 0 radical (unpaired) electrons. The summed E-state index contributed by atoms with van der Waals surface area (Å²) in [5.74, 6) is -0.562. The van der Waals surface area contributed by atoms with E-state index in [0.29, 0.717) is 6.42 Å². The van der Waals surface area contributed by atoms with Gasteiger partial charge in [-0.05, 0) is 31.0 Å². The molecule has 1 aromatic rings. The lowest BCUT2D eigenvalue weighted by Gasteiger charge is -2.22. The Morgan fingerprint density at radius 1 is 1.41 bits per heavy atom. The molecule has 0 saturated carbocycles. The number of nitrogens with two attached hydrogens (primary N) is 1. The summed E-state index contributed by atoms with van der Waals surface area (Å²) in [6, 6.07) is 6.53. The zero-order chi connectivity index (χ0) is 12.8. The SMILES string of the molecule is CCC(NC(C)CC(N)=O)c1ccc(F)cc1. The Kier molecular flexibility index (Phi) is 5.10. The average molecular weight is 238 g/mol. The van der Waals surface area contributed by atoms with Gasteiger partial charge in [-0.3, -0.25) is 4.79 Å². The monoisotopic (exact) mass is 238 g/mol. The van der Waals surface area contributed by atoms with Gasteiger partial charge in [0, 0.05) is 18.5 Å². The minimum atomic E-state index is -0.320. The number of carbonyl (C=O) groups is 1. The van der Waals surface area contributed by atoms with Crippen LogP contribution in [0.4, 0.5) is 4.39 Å². The molecule has 0 heterocycles. The molecule has 3 nitrogen and oxygen atoms in total. The molecule has 2 atom stereocenters. The fraction of sp³-hybridized carbons (Fsp3) is 0.462. The molecule has 0 spiro atoms.